The molecule has 6 aromatic heterocycles. The molecule has 0 unspecified atom stereocenters. The Labute approximate surface area is 798 Å². The molecule has 0 radical (unpaired) electrons. The van der Waals surface area contributed by atoms with Gasteiger partial charge in [0, 0.05) is 98.6 Å². The van der Waals surface area contributed by atoms with E-state index in [1.165, 1.54) is 237 Å². The number of para-hydroxylation sites is 10. The van der Waals surface area contributed by atoms with Gasteiger partial charge >= 0.3 is 0 Å². The Kier molecular flexibility index (Phi) is 19.9. The molecule has 0 amide bonds. The van der Waals surface area contributed by atoms with Crippen molar-refractivity contribution in [2.24, 2.45) is 0 Å². The highest BCUT2D eigenvalue weighted by molar-refractivity contribution is 6.17. The van der Waals surface area contributed by atoms with Gasteiger partial charge in [0.15, 0.2) is 0 Å². The fourth-order valence-corrected chi connectivity index (χ4v) is 21.6. The van der Waals surface area contributed by atoms with E-state index >= 15 is 0 Å². The lowest BCUT2D eigenvalue weighted by Crippen LogP contribution is -1.97. The summed E-state index contributed by atoms with van der Waals surface area (Å²) in [5, 5.41) is 15.1. The molecule has 6 heterocycles. The molecule has 6 nitrogen and oxygen atoms in total. The average molecular weight is 1760 g/mol. The molecule has 0 saturated heterocycles. The quantitative estimate of drug-likeness (QED) is 0.110. The van der Waals surface area contributed by atoms with Crippen molar-refractivity contribution in [2.75, 3.05) is 0 Å². The van der Waals surface area contributed by atoms with Crippen LogP contribution in [0.1, 0.15) is 0 Å². The van der Waals surface area contributed by atoms with Crippen LogP contribution in [0.2, 0.25) is 0 Å². The molecule has 0 spiro atoms. The molecule has 28 rings (SSSR count). The first-order valence-corrected chi connectivity index (χ1v) is 47.4. The summed E-state index contributed by atoms with van der Waals surface area (Å²) in [7, 11) is 0. The van der Waals surface area contributed by atoms with Crippen LogP contribution in [0, 0.1) is 0 Å². The molecule has 0 atom stereocenters. The number of aromatic nitrogens is 6. The fraction of sp³-hybridized carbons (Fsp3) is 0. The van der Waals surface area contributed by atoms with E-state index in [0.717, 1.165) is 5.69 Å². The van der Waals surface area contributed by atoms with Gasteiger partial charge in [0.2, 0.25) is 0 Å². The SMILES string of the molecule is c1ccc(-c2ccc(-c3ccc(-n4c5ccccc5c5cc(-c6ccc7c(c6)c6ccccc6n7-c6ccccc6)ccc54)cc3)cc2)cc1.c1ccc(-c2cccc(-n3c4ccccc4c4cc(-c5ccc6c(c5)c5ccccc5n6-c5ccccc5)ccc43)c2)cc1.c1ccc(-c2ccccc2-n2c3ccccc3c3cc(-c4ccc5c(c4)c4ccccc4n5-c4ccccc4)ccc32)cc1. The Morgan fingerprint density at radius 1 is 0.0942 bits per heavy atom. The molecule has 22 aromatic carbocycles. The van der Waals surface area contributed by atoms with Crippen molar-refractivity contribution in [1.29, 1.82) is 0 Å². The fourth-order valence-electron chi connectivity index (χ4n) is 21.6. The van der Waals surface area contributed by atoms with Crippen LogP contribution in [-0.2, 0) is 0 Å². The molecular formula is C132H88N6. The van der Waals surface area contributed by atoms with E-state index in [0.29, 0.717) is 0 Å². The minimum atomic E-state index is 1.16. The van der Waals surface area contributed by atoms with Crippen molar-refractivity contribution in [3.63, 3.8) is 0 Å². The second-order valence-corrected chi connectivity index (χ2v) is 35.8. The number of rotatable bonds is 13. The molecule has 28 aromatic rings. The topological polar surface area (TPSA) is 29.6 Å². The van der Waals surface area contributed by atoms with Gasteiger partial charge in [-0.25, -0.2) is 0 Å². The summed E-state index contributed by atoms with van der Waals surface area (Å²) in [5.41, 5.74) is 38.7. The number of nitrogens with zero attached hydrogens (tertiary/aromatic N) is 6. The van der Waals surface area contributed by atoms with Crippen LogP contribution in [0.25, 0.3) is 243 Å². The highest BCUT2D eigenvalue weighted by Crippen LogP contribution is 2.46. The van der Waals surface area contributed by atoms with E-state index in [1.807, 2.05) is 0 Å². The third kappa shape index (κ3) is 14.0. The van der Waals surface area contributed by atoms with Gasteiger partial charge in [0.05, 0.1) is 71.9 Å². The summed E-state index contributed by atoms with van der Waals surface area (Å²) < 4.78 is 14.3. The highest BCUT2D eigenvalue weighted by atomic mass is 15.0. The smallest absolute Gasteiger partial charge is 0.0541 e. The van der Waals surface area contributed by atoms with Gasteiger partial charge in [0.25, 0.3) is 0 Å². The Morgan fingerprint density at radius 3 is 0.601 bits per heavy atom. The minimum absolute atomic E-state index is 1.16. The molecule has 646 valence electrons. The zero-order valence-corrected chi connectivity index (χ0v) is 75.5. The number of benzene rings is 22. The van der Waals surface area contributed by atoms with Gasteiger partial charge in [0.1, 0.15) is 0 Å². The van der Waals surface area contributed by atoms with Gasteiger partial charge in [-0.05, 0) is 248 Å². The van der Waals surface area contributed by atoms with E-state index in [-0.39, 0.29) is 0 Å². The maximum Gasteiger partial charge on any atom is 0.0541 e. The lowest BCUT2D eigenvalue weighted by atomic mass is 10.00. The summed E-state index contributed by atoms with van der Waals surface area (Å²) in [4.78, 5) is 0. The van der Waals surface area contributed by atoms with Crippen molar-refractivity contribution < 1.29 is 0 Å². The second-order valence-electron chi connectivity index (χ2n) is 35.8. The van der Waals surface area contributed by atoms with Crippen LogP contribution in [0.3, 0.4) is 0 Å². The van der Waals surface area contributed by atoms with E-state index in [2.05, 4.69) is 561 Å². The summed E-state index contributed by atoms with van der Waals surface area (Å²) in [6, 6.07) is 193. The molecule has 0 N–H and O–H groups in total. The predicted molar refractivity (Wildman–Crippen MR) is 583 cm³/mol. The highest BCUT2D eigenvalue weighted by Gasteiger charge is 2.23. The molecule has 0 aliphatic rings. The first kappa shape index (κ1) is 80.5. The van der Waals surface area contributed by atoms with Crippen molar-refractivity contribution in [3.8, 4) is 112 Å². The van der Waals surface area contributed by atoms with E-state index in [1.54, 1.807) is 0 Å². The normalized spacial score (nSPS) is 11.6. The largest absolute Gasteiger partial charge is 0.309 e. The molecule has 0 aliphatic carbocycles. The summed E-state index contributed by atoms with van der Waals surface area (Å²) >= 11 is 0. The van der Waals surface area contributed by atoms with Crippen molar-refractivity contribution in [1.82, 2.24) is 27.4 Å². The van der Waals surface area contributed by atoms with Gasteiger partial charge in [-0.15, -0.1) is 0 Å². The molecule has 0 fully saturated rings. The van der Waals surface area contributed by atoms with Crippen LogP contribution in [0.5, 0.6) is 0 Å². The van der Waals surface area contributed by atoms with Crippen LogP contribution >= 0.6 is 0 Å². The third-order valence-electron chi connectivity index (χ3n) is 28.0. The standard InChI is InChI=1S/C48H32N2.2C42H28N2/c1-3-11-33(12-4-1)34-19-21-35(22-20-34)36-23-27-40(28-24-36)50-46-18-10-8-16-42(46)44-32-38(26-30-48(44)50)37-25-29-47-43(31-37)41-15-7-9-17-45(41)49(47)39-13-5-2-6-14-39;1-3-13-29(14-4-1)33-17-7-10-20-38(33)44-40-22-12-9-19-35(40)37-28-31(24-26-42(37)44)30-23-25-41-36(27-30)34-18-8-11-21-39(34)43(41)32-15-5-2-6-16-32;1-3-12-29(13-4-1)30-14-11-17-34(26-30)44-40-21-10-8-19-36(40)38-28-32(23-25-42(38)44)31-22-24-41-37(27-31)35-18-7-9-20-39(35)43(41)33-15-5-2-6-16-33/h1-32H;2*1-28H. The van der Waals surface area contributed by atoms with E-state index in [4.69, 9.17) is 0 Å². The van der Waals surface area contributed by atoms with Crippen LogP contribution < -0.4 is 0 Å². The Morgan fingerprint density at radius 2 is 0.283 bits per heavy atom. The van der Waals surface area contributed by atoms with Crippen LogP contribution in [0.15, 0.2) is 534 Å². The summed E-state index contributed by atoms with van der Waals surface area (Å²) in [6.07, 6.45) is 0. The lowest BCUT2D eigenvalue weighted by molar-refractivity contribution is 1.18. The first-order chi connectivity index (χ1) is 68.5. The van der Waals surface area contributed by atoms with E-state index in [9.17, 15) is 0 Å². The van der Waals surface area contributed by atoms with Crippen molar-refractivity contribution in [2.45, 2.75) is 0 Å². The zero-order chi connectivity index (χ0) is 91.1. The number of fused-ring (bicyclic) bond motifs is 18. The minimum Gasteiger partial charge on any atom is -0.309 e. The molecular weight excluding hydrogens is 1670 g/mol. The van der Waals surface area contributed by atoms with Crippen molar-refractivity contribution in [3.05, 3.63) is 534 Å². The van der Waals surface area contributed by atoms with Crippen LogP contribution in [-0.4, -0.2) is 27.4 Å². The van der Waals surface area contributed by atoms with Crippen LogP contribution in [0.4, 0.5) is 0 Å². The first-order valence-electron chi connectivity index (χ1n) is 47.4. The van der Waals surface area contributed by atoms with Crippen molar-refractivity contribution >= 4 is 131 Å². The third-order valence-corrected chi connectivity index (χ3v) is 28.0. The maximum absolute atomic E-state index is 2.42. The Hall–Kier alpha value is -18.4. The number of hydrogen-bond acceptors (Lipinski definition) is 0. The Balaban J connectivity index is 0.000000107. The molecule has 0 bridgehead atoms. The summed E-state index contributed by atoms with van der Waals surface area (Å²) in [5.74, 6) is 0. The number of hydrogen-bond donors (Lipinski definition) is 0. The predicted octanol–water partition coefficient (Wildman–Crippen LogP) is 35.3. The van der Waals surface area contributed by atoms with Gasteiger partial charge in [-0.3, -0.25) is 0 Å². The molecule has 0 saturated carbocycles. The van der Waals surface area contributed by atoms with E-state index < -0.39 is 0 Å². The molecule has 0 aliphatic heterocycles. The summed E-state index contributed by atoms with van der Waals surface area (Å²) in [6.45, 7) is 0. The molecule has 6 heteroatoms. The maximum atomic E-state index is 2.42. The van der Waals surface area contributed by atoms with Gasteiger partial charge in [-0.2, -0.15) is 0 Å². The zero-order valence-electron chi connectivity index (χ0n) is 75.5. The monoisotopic (exact) mass is 1760 g/mol. The lowest BCUT2D eigenvalue weighted by Gasteiger charge is -2.14. The average Bonchev–Trinajstić information content (AvgIpc) is 1.58. The second kappa shape index (κ2) is 34.0. The van der Waals surface area contributed by atoms with Gasteiger partial charge < -0.3 is 27.4 Å². The molecule has 138 heavy (non-hydrogen) atoms. The van der Waals surface area contributed by atoms with Gasteiger partial charge in [-0.1, -0.05) is 358 Å². The Bertz CT molecular complexity index is 9530.